The molecule has 0 bridgehead atoms. The summed E-state index contributed by atoms with van der Waals surface area (Å²) in [5.74, 6) is -2.45. The third-order valence-corrected chi connectivity index (χ3v) is 2.88. The first kappa shape index (κ1) is 13.1. The van der Waals surface area contributed by atoms with E-state index in [1.807, 2.05) is 0 Å². The third kappa shape index (κ3) is 1.85. The Morgan fingerprint density at radius 2 is 2.11 bits per heavy atom. The number of hydrogen-bond acceptors (Lipinski definition) is 6. The van der Waals surface area contributed by atoms with Gasteiger partial charge < -0.3 is 10.1 Å². The summed E-state index contributed by atoms with van der Waals surface area (Å²) in [6.45, 7) is 0.977. The minimum absolute atomic E-state index is 0.0396. The summed E-state index contributed by atoms with van der Waals surface area (Å²) in [6, 6.07) is -1.90. The third-order valence-electron chi connectivity index (χ3n) is 2.52. The van der Waals surface area contributed by atoms with Gasteiger partial charge in [-0.1, -0.05) is 12.8 Å². The number of aliphatic carboxylic acids is 1. The van der Waals surface area contributed by atoms with Crippen molar-refractivity contribution in [2.24, 2.45) is 0 Å². The summed E-state index contributed by atoms with van der Waals surface area (Å²) in [7, 11) is 0. The number of fused-ring (bicyclic) bond motifs is 1. The second kappa shape index (κ2) is 4.39. The van der Waals surface area contributed by atoms with E-state index in [0.29, 0.717) is 8.54 Å². The number of thiol groups is 1. The Balaban J connectivity index is 2.95. The number of carboxylic acid groups (broad SMARTS) is 1. The summed E-state index contributed by atoms with van der Waals surface area (Å²) in [5.41, 5.74) is -2.13. The van der Waals surface area contributed by atoms with Crippen LogP contribution in [0.3, 0.4) is 0 Å². The molecular weight excluding hydrogens is 276 g/mol. The van der Waals surface area contributed by atoms with Crippen LogP contribution in [0.15, 0.2) is 15.9 Å². The van der Waals surface area contributed by atoms with Crippen LogP contribution >= 0.6 is 12.8 Å². The van der Waals surface area contributed by atoms with Crippen LogP contribution in [-0.2, 0) is 9.59 Å². The van der Waals surface area contributed by atoms with E-state index in [4.69, 9.17) is 5.11 Å². The summed E-state index contributed by atoms with van der Waals surface area (Å²) >= 11 is 3.84. The van der Waals surface area contributed by atoms with Crippen molar-refractivity contribution in [1.29, 1.82) is 0 Å². The molecule has 0 spiro atoms. The molecule has 1 atom stereocenters. The van der Waals surface area contributed by atoms with Crippen LogP contribution < -0.4 is 11.2 Å². The van der Waals surface area contributed by atoms with Gasteiger partial charge in [-0.25, -0.2) is 23.1 Å². The number of aromatic amines is 1. The molecule has 2 rings (SSSR count). The van der Waals surface area contributed by atoms with Gasteiger partial charge >= 0.3 is 11.7 Å². The number of carbonyl (C=O) groups is 2. The molecule has 2 heterocycles. The average Bonchev–Trinajstić information content (AvgIpc) is 2.80. The van der Waals surface area contributed by atoms with Crippen molar-refractivity contribution in [3.05, 3.63) is 27.2 Å². The van der Waals surface area contributed by atoms with E-state index in [1.165, 1.54) is 0 Å². The Morgan fingerprint density at radius 3 is 2.63 bits per heavy atom. The Bertz CT molecular complexity index is 787. The molecule has 2 N–H and O–H groups in total. The van der Waals surface area contributed by atoms with Crippen molar-refractivity contribution >= 4 is 35.7 Å². The fourth-order valence-electron chi connectivity index (χ4n) is 1.70. The number of Topliss-reactive ketones (excluding diaryl/α,β-unsaturated/α-hetero) is 1. The molecule has 0 aliphatic heterocycles. The summed E-state index contributed by atoms with van der Waals surface area (Å²) in [4.78, 5) is 52.5. The van der Waals surface area contributed by atoms with Crippen LogP contribution in [0.4, 0.5) is 0 Å². The molecule has 0 fully saturated rings. The number of nitrogens with one attached hydrogen (secondary N) is 1. The number of H-pyrrole nitrogens is 1. The second-order valence-electron chi connectivity index (χ2n) is 3.72. The van der Waals surface area contributed by atoms with Crippen molar-refractivity contribution < 1.29 is 14.7 Å². The van der Waals surface area contributed by atoms with Gasteiger partial charge in [0.1, 0.15) is 0 Å². The largest absolute Gasteiger partial charge is 0.479 e. The van der Waals surface area contributed by atoms with E-state index >= 15 is 0 Å². The average molecular weight is 284 g/mol. The van der Waals surface area contributed by atoms with E-state index in [0.717, 1.165) is 13.3 Å². The van der Waals surface area contributed by atoms with Crippen molar-refractivity contribution in [1.82, 2.24) is 18.5 Å². The molecule has 10 heteroatoms. The van der Waals surface area contributed by atoms with Gasteiger partial charge in [-0.3, -0.25) is 9.59 Å². The fraction of sp³-hybridized carbons (Fsp3) is 0.222. The predicted octanol–water partition coefficient (Wildman–Crippen LogP) is -1.21. The maximum Gasteiger partial charge on any atom is 0.344 e. The van der Waals surface area contributed by atoms with E-state index in [1.54, 1.807) is 0 Å². The molecule has 0 aliphatic carbocycles. The second-order valence-corrected chi connectivity index (χ2v) is 4.12. The zero-order chi connectivity index (χ0) is 14.3. The van der Waals surface area contributed by atoms with Gasteiger partial charge in [0.05, 0.1) is 6.33 Å². The minimum atomic E-state index is -1.90. The van der Waals surface area contributed by atoms with Crippen LogP contribution in [0.5, 0.6) is 0 Å². The highest BCUT2D eigenvalue weighted by Gasteiger charge is 2.30. The molecule has 19 heavy (non-hydrogen) atoms. The lowest BCUT2D eigenvalue weighted by Gasteiger charge is -2.12. The number of carboxylic acids is 1. The highest BCUT2D eigenvalue weighted by molar-refractivity contribution is 7.78. The topological polar surface area (TPSA) is 127 Å². The molecule has 0 saturated carbocycles. The SMILES string of the molecule is CC(=O)C(C(=O)O)n1c(=O)c2[nH]cnc2n(S)c1=O. The van der Waals surface area contributed by atoms with Crippen molar-refractivity contribution in [3.63, 3.8) is 0 Å². The number of aromatic nitrogens is 4. The Hall–Kier alpha value is -2.36. The molecule has 0 amide bonds. The van der Waals surface area contributed by atoms with Crippen LogP contribution in [0.25, 0.3) is 11.2 Å². The quantitative estimate of drug-likeness (QED) is 0.479. The molecule has 2 aromatic rings. The number of imidazole rings is 1. The van der Waals surface area contributed by atoms with Gasteiger partial charge in [0, 0.05) is 0 Å². The number of hydrogen-bond donors (Lipinski definition) is 3. The van der Waals surface area contributed by atoms with E-state index in [-0.39, 0.29) is 11.2 Å². The zero-order valence-electron chi connectivity index (χ0n) is 9.52. The number of nitrogens with zero attached hydrogens (tertiary/aromatic N) is 3. The Kier molecular flexibility index (Phi) is 3.02. The first-order valence-electron chi connectivity index (χ1n) is 4.99. The lowest BCUT2D eigenvalue weighted by atomic mass is 10.2. The van der Waals surface area contributed by atoms with Crippen LogP contribution in [-0.4, -0.2) is 35.4 Å². The minimum Gasteiger partial charge on any atom is -0.479 e. The number of carbonyl (C=O) groups excluding carboxylic acids is 1. The molecule has 9 nitrogen and oxygen atoms in total. The lowest BCUT2D eigenvalue weighted by molar-refractivity contribution is -0.144. The van der Waals surface area contributed by atoms with Crippen LogP contribution in [0, 0.1) is 0 Å². The highest BCUT2D eigenvalue weighted by Crippen LogP contribution is 2.07. The van der Waals surface area contributed by atoms with Gasteiger partial charge in [-0.15, -0.1) is 0 Å². The van der Waals surface area contributed by atoms with Crippen molar-refractivity contribution in [2.75, 3.05) is 0 Å². The normalized spacial score (nSPS) is 12.5. The number of rotatable bonds is 3. The molecule has 0 aromatic carbocycles. The fourth-order valence-corrected chi connectivity index (χ4v) is 1.95. The smallest absolute Gasteiger partial charge is 0.344 e. The van der Waals surface area contributed by atoms with Gasteiger partial charge in [0.2, 0.25) is 0 Å². The van der Waals surface area contributed by atoms with Gasteiger partial charge in [0.25, 0.3) is 5.56 Å². The maximum atomic E-state index is 12.0. The molecule has 0 radical (unpaired) electrons. The first-order chi connectivity index (χ1) is 8.86. The van der Waals surface area contributed by atoms with E-state index in [2.05, 4.69) is 22.8 Å². The number of ketones is 1. The van der Waals surface area contributed by atoms with Crippen LogP contribution in [0.2, 0.25) is 0 Å². The van der Waals surface area contributed by atoms with E-state index < -0.39 is 29.0 Å². The van der Waals surface area contributed by atoms with E-state index in [9.17, 15) is 19.2 Å². The van der Waals surface area contributed by atoms with Crippen LogP contribution in [0.1, 0.15) is 13.0 Å². The molecule has 0 aliphatic rings. The van der Waals surface area contributed by atoms with Gasteiger partial charge in [0.15, 0.2) is 23.0 Å². The monoisotopic (exact) mass is 284 g/mol. The molecule has 100 valence electrons. The predicted molar refractivity (Wildman–Crippen MR) is 66.4 cm³/mol. The molecule has 2 aromatic heterocycles. The Labute approximate surface area is 110 Å². The van der Waals surface area contributed by atoms with Crippen molar-refractivity contribution in [2.45, 2.75) is 13.0 Å². The summed E-state index contributed by atoms with van der Waals surface area (Å²) in [6.07, 6.45) is 1.16. The Morgan fingerprint density at radius 1 is 1.47 bits per heavy atom. The molecule has 0 saturated heterocycles. The van der Waals surface area contributed by atoms with Gasteiger partial charge in [-0.05, 0) is 6.92 Å². The zero-order valence-corrected chi connectivity index (χ0v) is 10.4. The molecule has 1 unspecified atom stereocenters. The van der Waals surface area contributed by atoms with Gasteiger partial charge in [-0.2, -0.15) is 0 Å². The maximum absolute atomic E-state index is 12.0. The highest BCUT2D eigenvalue weighted by atomic mass is 32.1. The standard InChI is InChI=1S/C9H8N4O5S/c1-3(14)5(8(16)17)12-7(15)4-6(11-2-10-4)13(19)9(12)18/h2,5,19H,1H3,(H,10,11)(H,16,17). The van der Waals surface area contributed by atoms with Crippen molar-refractivity contribution in [3.8, 4) is 0 Å². The molecular formula is C9H8N4O5S. The summed E-state index contributed by atoms with van der Waals surface area (Å²) < 4.78 is 1.03. The first-order valence-corrected chi connectivity index (χ1v) is 5.39. The lowest BCUT2D eigenvalue weighted by Crippen LogP contribution is -2.45. The summed E-state index contributed by atoms with van der Waals surface area (Å²) in [5, 5.41) is 8.98.